The van der Waals surface area contributed by atoms with Gasteiger partial charge in [0.2, 0.25) is 5.91 Å². The number of carbonyl (C=O) groups is 1. The smallest absolute Gasteiger partial charge is 0.237 e. The van der Waals surface area contributed by atoms with E-state index in [4.69, 9.17) is 0 Å². The molecule has 3 heteroatoms. The molecule has 1 amide bonds. The van der Waals surface area contributed by atoms with E-state index in [-0.39, 0.29) is 5.91 Å². The fraction of sp³-hybridized carbons (Fsp3) is 0.529. The molecular weight excluding hydrogens is 248 g/mol. The van der Waals surface area contributed by atoms with Crippen LogP contribution in [0.1, 0.15) is 37.7 Å². The van der Waals surface area contributed by atoms with Crippen molar-refractivity contribution >= 4 is 5.91 Å². The Morgan fingerprint density at radius 2 is 1.95 bits per heavy atom. The first-order chi connectivity index (χ1) is 9.79. The number of nitrogens with one attached hydrogen (secondary N) is 1. The van der Waals surface area contributed by atoms with Crippen LogP contribution in [0.2, 0.25) is 0 Å². The van der Waals surface area contributed by atoms with E-state index in [0.717, 1.165) is 12.1 Å². The highest BCUT2D eigenvalue weighted by Crippen LogP contribution is 2.22. The highest BCUT2D eigenvalue weighted by atomic mass is 16.1. The van der Waals surface area contributed by atoms with Crippen LogP contribution in [0.25, 0.3) is 0 Å². The molecule has 0 radical (unpaired) electrons. The summed E-state index contributed by atoms with van der Waals surface area (Å²) in [6, 6.07) is 11.8. The van der Waals surface area contributed by atoms with Gasteiger partial charge in [-0.05, 0) is 30.7 Å². The maximum Gasteiger partial charge on any atom is 0.237 e. The molecule has 1 saturated carbocycles. The standard InChI is InChI=1S/C17H22N2O/c18-12-16(11-14-7-3-1-4-8-14)17(20)19-13-15-9-5-2-6-10-15/h1,3-4,7-8,15-16H,2,5-6,9-11,13H2,(H,19,20). The van der Waals surface area contributed by atoms with Gasteiger partial charge in [0.05, 0.1) is 6.07 Å². The number of hydrogen-bond donors (Lipinski definition) is 1. The zero-order chi connectivity index (χ0) is 14.2. The summed E-state index contributed by atoms with van der Waals surface area (Å²) in [5.41, 5.74) is 1.03. The van der Waals surface area contributed by atoms with Crippen LogP contribution in [0.15, 0.2) is 30.3 Å². The summed E-state index contributed by atoms with van der Waals surface area (Å²) in [5, 5.41) is 12.1. The molecule has 2 rings (SSSR count). The Morgan fingerprint density at radius 3 is 2.60 bits per heavy atom. The summed E-state index contributed by atoms with van der Waals surface area (Å²) >= 11 is 0. The molecule has 106 valence electrons. The molecule has 1 atom stereocenters. The largest absolute Gasteiger partial charge is 0.355 e. The molecule has 3 nitrogen and oxygen atoms in total. The van der Waals surface area contributed by atoms with E-state index in [1.54, 1.807) is 0 Å². The van der Waals surface area contributed by atoms with Gasteiger partial charge in [-0.25, -0.2) is 0 Å². The van der Waals surface area contributed by atoms with Crippen molar-refractivity contribution < 1.29 is 4.79 Å². The third kappa shape index (κ3) is 4.38. The first kappa shape index (κ1) is 14.6. The lowest BCUT2D eigenvalue weighted by Gasteiger charge is -2.22. The Hall–Kier alpha value is -1.82. The molecule has 1 unspecified atom stereocenters. The minimum atomic E-state index is -0.582. The number of hydrogen-bond acceptors (Lipinski definition) is 2. The summed E-state index contributed by atoms with van der Waals surface area (Å²) in [7, 11) is 0. The fourth-order valence-electron chi connectivity index (χ4n) is 2.81. The predicted molar refractivity (Wildman–Crippen MR) is 78.8 cm³/mol. The molecule has 0 saturated heterocycles. The van der Waals surface area contributed by atoms with Crippen molar-refractivity contribution in [2.24, 2.45) is 11.8 Å². The van der Waals surface area contributed by atoms with E-state index in [0.29, 0.717) is 12.3 Å². The van der Waals surface area contributed by atoms with Crippen LogP contribution in [0.5, 0.6) is 0 Å². The lowest BCUT2D eigenvalue weighted by molar-refractivity contribution is -0.123. The molecule has 1 aliphatic rings. The van der Waals surface area contributed by atoms with Crippen LogP contribution in [-0.2, 0) is 11.2 Å². The number of amides is 1. The molecule has 0 aromatic heterocycles. The summed E-state index contributed by atoms with van der Waals surface area (Å²) in [4.78, 5) is 12.1. The van der Waals surface area contributed by atoms with Crippen LogP contribution >= 0.6 is 0 Å². The molecule has 0 bridgehead atoms. The topological polar surface area (TPSA) is 52.9 Å². The molecule has 1 aromatic rings. The summed E-state index contributed by atoms with van der Waals surface area (Å²) in [6.45, 7) is 0.728. The van der Waals surface area contributed by atoms with E-state index in [1.165, 1.54) is 32.1 Å². The highest BCUT2D eigenvalue weighted by molar-refractivity contribution is 5.81. The van der Waals surface area contributed by atoms with Crippen molar-refractivity contribution in [1.29, 1.82) is 5.26 Å². The second kappa shape index (κ2) is 7.69. The van der Waals surface area contributed by atoms with E-state index < -0.39 is 5.92 Å². The average molecular weight is 270 g/mol. The number of nitrogens with zero attached hydrogens (tertiary/aromatic N) is 1. The normalized spacial score (nSPS) is 17.1. The molecular formula is C17H22N2O. The predicted octanol–water partition coefficient (Wildman–Crippen LogP) is 3.07. The van der Waals surface area contributed by atoms with E-state index >= 15 is 0 Å². The van der Waals surface area contributed by atoms with Crippen LogP contribution < -0.4 is 5.32 Å². The monoisotopic (exact) mass is 270 g/mol. The summed E-state index contributed by atoms with van der Waals surface area (Å²) in [6.07, 6.45) is 6.76. The Morgan fingerprint density at radius 1 is 1.25 bits per heavy atom. The Bertz CT molecular complexity index is 458. The molecule has 1 aromatic carbocycles. The van der Waals surface area contributed by atoms with Gasteiger partial charge in [0, 0.05) is 6.54 Å². The van der Waals surface area contributed by atoms with Crippen molar-refractivity contribution in [2.45, 2.75) is 38.5 Å². The summed E-state index contributed by atoms with van der Waals surface area (Å²) in [5.74, 6) is -0.105. The number of nitriles is 1. The highest BCUT2D eigenvalue weighted by Gasteiger charge is 2.20. The van der Waals surface area contributed by atoms with Gasteiger partial charge in [0.15, 0.2) is 0 Å². The molecule has 1 aliphatic carbocycles. The number of rotatable bonds is 5. The Labute approximate surface area is 121 Å². The van der Waals surface area contributed by atoms with Gasteiger partial charge < -0.3 is 5.32 Å². The van der Waals surface area contributed by atoms with Gasteiger partial charge in [-0.15, -0.1) is 0 Å². The van der Waals surface area contributed by atoms with E-state index in [1.807, 2.05) is 30.3 Å². The second-order valence-electron chi connectivity index (χ2n) is 5.62. The molecule has 0 aliphatic heterocycles. The second-order valence-corrected chi connectivity index (χ2v) is 5.62. The van der Waals surface area contributed by atoms with Gasteiger partial charge in [-0.3, -0.25) is 4.79 Å². The van der Waals surface area contributed by atoms with Crippen molar-refractivity contribution in [3.8, 4) is 6.07 Å². The van der Waals surface area contributed by atoms with Crippen LogP contribution in [0.4, 0.5) is 0 Å². The lowest BCUT2D eigenvalue weighted by atomic mass is 9.89. The molecule has 0 spiro atoms. The van der Waals surface area contributed by atoms with Crippen LogP contribution in [0, 0.1) is 23.2 Å². The average Bonchev–Trinajstić information content (AvgIpc) is 2.52. The third-order valence-corrected chi connectivity index (χ3v) is 4.04. The third-order valence-electron chi connectivity index (χ3n) is 4.04. The Kier molecular flexibility index (Phi) is 5.61. The van der Waals surface area contributed by atoms with Gasteiger partial charge in [-0.2, -0.15) is 5.26 Å². The van der Waals surface area contributed by atoms with Gasteiger partial charge in [0.1, 0.15) is 5.92 Å². The number of benzene rings is 1. The first-order valence-electron chi connectivity index (χ1n) is 7.51. The first-order valence-corrected chi connectivity index (χ1v) is 7.51. The van der Waals surface area contributed by atoms with E-state index in [9.17, 15) is 10.1 Å². The van der Waals surface area contributed by atoms with Crippen molar-refractivity contribution in [3.63, 3.8) is 0 Å². The minimum absolute atomic E-state index is 0.123. The van der Waals surface area contributed by atoms with Crippen molar-refractivity contribution in [3.05, 3.63) is 35.9 Å². The maximum absolute atomic E-state index is 12.1. The van der Waals surface area contributed by atoms with Gasteiger partial charge in [0.25, 0.3) is 0 Å². The van der Waals surface area contributed by atoms with E-state index in [2.05, 4.69) is 11.4 Å². The van der Waals surface area contributed by atoms with Crippen LogP contribution in [0.3, 0.4) is 0 Å². The quantitative estimate of drug-likeness (QED) is 0.894. The molecule has 20 heavy (non-hydrogen) atoms. The number of carbonyl (C=O) groups excluding carboxylic acids is 1. The van der Waals surface area contributed by atoms with Crippen molar-refractivity contribution in [1.82, 2.24) is 5.32 Å². The van der Waals surface area contributed by atoms with Crippen molar-refractivity contribution in [2.75, 3.05) is 6.54 Å². The van der Waals surface area contributed by atoms with Gasteiger partial charge in [-0.1, -0.05) is 49.6 Å². The molecule has 0 heterocycles. The zero-order valence-corrected chi connectivity index (χ0v) is 11.8. The molecule has 1 N–H and O–H groups in total. The SMILES string of the molecule is N#CC(Cc1ccccc1)C(=O)NCC1CCCCC1. The lowest BCUT2D eigenvalue weighted by Crippen LogP contribution is -2.35. The fourth-order valence-corrected chi connectivity index (χ4v) is 2.81. The molecule has 1 fully saturated rings. The maximum atomic E-state index is 12.1. The zero-order valence-electron chi connectivity index (χ0n) is 11.8. The minimum Gasteiger partial charge on any atom is -0.355 e. The van der Waals surface area contributed by atoms with Crippen LogP contribution in [-0.4, -0.2) is 12.5 Å². The summed E-state index contributed by atoms with van der Waals surface area (Å²) < 4.78 is 0. The van der Waals surface area contributed by atoms with Gasteiger partial charge >= 0.3 is 0 Å². The Balaban J connectivity index is 1.81.